The number of halogens is 2. The van der Waals surface area contributed by atoms with E-state index in [9.17, 15) is 8.78 Å². The van der Waals surface area contributed by atoms with Crippen LogP contribution < -0.4 is 4.74 Å². The van der Waals surface area contributed by atoms with Crippen LogP contribution in [0, 0.1) is 18.6 Å². The van der Waals surface area contributed by atoms with Crippen LogP contribution in [0.2, 0.25) is 0 Å². The molecule has 0 saturated carbocycles. The highest BCUT2D eigenvalue weighted by atomic mass is 19.1. The van der Waals surface area contributed by atoms with Gasteiger partial charge in [0.15, 0.2) is 18.2 Å². The lowest BCUT2D eigenvalue weighted by Crippen LogP contribution is -1.98. The standard InChI is InChI=1S/C10H8F2N2O2/c1-6-13-14-10(16-6)5-15-9-3-2-7(11)4-8(9)12/h2-4H,5H2,1H3. The molecule has 4 nitrogen and oxygen atoms in total. The molecule has 2 aromatic rings. The summed E-state index contributed by atoms with van der Waals surface area (Å²) in [6.07, 6.45) is 0. The van der Waals surface area contributed by atoms with Gasteiger partial charge in [-0.1, -0.05) is 0 Å². The van der Waals surface area contributed by atoms with Gasteiger partial charge < -0.3 is 9.15 Å². The largest absolute Gasteiger partial charge is 0.481 e. The van der Waals surface area contributed by atoms with Gasteiger partial charge in [-0.2, -0.15) is 0 Å². The number of aryl methyl sites for hydroxylation is 1. The molecule has 0 saturated heterocycles. The topological polar surface area (TPSA) is 48.2 Å². The van der Waals surface area contributed by atoms with E-state index in [1.54, 1.807) is 6.92 Å². The van der Waals surface area contributed by atoms with Crippen molar-refractivity contribution in [1.82, 2.24) is 10.2 Å². The molecule has 0 fully saturated rings. The highest BCUT2D eigenvalue weighted by molar-refractivity contribution is 5.24. The SMILES string of the molecule is Cc1nnc(COc2ccc(F)cc2F)o1. The predicted molar refractivity (Wildman–Crippen MR) is 49.7 cm³/mol. The zero-order valence-corrected chi connectivity index (χ0v) is 8.41. The molecule has 0 bridgehead atoms. The molecular formula is C10H8F2N2O2. The van der Waals surface area contributed by atoms with Crippen LogP contribution in [0.1, 0.15) is 11.8 Å². The molecular weight excluding hydrogens is 218 g/mol. The molecule has 1 aromatic heterocycles. The lowest BCUT2D eigenvalue weighted by atomic mass is 10.3. The molecule has 0 aliphatic heterocycles. The van der Waals surface area contributed by atoms with Gasteiger partial charge in [-0.05, 0) is 12.1 Å². The highest BCUT2D eigenvalue weighted by Gasteiger charge is 2.07. The van der Waals surface area contributed by atoms with E-state index in [1.807, 2.05) is 0 Å². The molecule has 1 heterocycles. The Balaban J connectivity index is 2.04. The summed E-state index contributed by atoms with van der Waals surface area (Å²) in [4.78, 5) is 0. The molecule has 0 N–H and O–H groups in total. The van der Waals surface area contributed by atoms with Crippen LogP contribution in [-0.4, -0.2) is 10.2 Å². The van der Waals surface area contributed by atoms with Gasteiger partial charge in [0.1, 0.15) is 5.82 Å². The zero-order valence-electron chi connectivity index (χ0n) is 8.41. The summed E-state index contributed by atoms with van der Waals surface area (Å²) in [6.45, 7) is 1.58. The van der Waals surface area contributed by atoms with Crippen molar-refractivity contribution < 1.29 is 17.9 Å². The Labute approximate surface area is 89.9 Å². The fraction of sp³-hybridized carbons (Fsp3) is 0.200. The quantitative estimate of drug-likeness (QED) is 0.805. The first-order chi connectivity index (χ1) is 7.65. The monoisotopic (exact) mass is 226 g/mol. The number of ether oxygens (including phenoxy) is 1. The predicted octanol–water partition coefficient (Wildman–Crippen LogP) is 2.24. The maximum Gasteiger partial charge on any atom is 0.253 e. The zero-order chi connectivity index (χ0) is 11.5. The van der Waals surface area contributed by atoms with Crippen LogP contribution in [0.15, 0.2) is 22.6 Å². The molecule has 0 unspecified atom stereocenters. The first kappa shape index (κ1) is 10.5. The minimum Gasteiger partial charge on any atom is -0.481 e. The number of benzene rings is 1. The van der Waals surface area contributed by atoms with Gasteiger partial charge in [0.2, 0.25) is 5.89 Å². The molecule has 0 aliphatic carbocycles. The van der Waals surface area contributed by atoms with E-state index >= 15 is 0 Å². The summed E-state index contributed by atoms with van der Waals surface area (Å²) in [6, 6.07) is 3.06. The van der Waals surface area contributed by atoms with Crippen LogP contribution in [0.4, 0.5) is 8.78 Å². The van der Waals surface area contributed by atoms with Gasteiger partial charge in [-0.15, -0.1) is 10.2 Å². The second-order valence-corrected chi connectivity index (χ2v) is 3.08. The normalized spacial score (nSPS) is 10.4. The fourth-order valence-electron chi connectivity index (χ4n) is 1.13. The van der Waals surface area contributed by atoms with E-state index < -0.39 is 11.6 Å². The van der Waals surface area contributed by atoms with Crippen molar-refractivity contribution >= 4 is 0 Å². The Morgan fingerprint density at radius 2 is 2.12 bits per heavy atom. The van der Waals surface area contributed by atoms with Crippen LogP contribution in [-0.2, 0) is 6.61 Å². The van der Waals surface area contributed by atoms with Crippen LogP contribution in [0.25, 0.3) is 0 Å². The molecule has 16 heavy (non-hydrogen) atoms. The Bertz CT molecular complexity index is 499. The molecule has 0 amide bonds. The maximum absolute atomic E-state index is 13.1. The lowest BCUT2D eigenvalue weighted by Gasteiger charge is -2.03. The van der Waals surface area contributed by atoms with E-state index in [4.69, 9.17) is 9.15 Å². The first-order valence-corrected chi connectivity index (χ1v) is 4.52. The Morgan fingerprint density at radius 3 is 2.75 bits per heavy atom. The smallest absolute Gasteiger partial charge is 0.253 e. The van der Waals surface area contributed by atoms with Crippen molar-refractivity contribution in [2.75, 3.05) is 0 Å². The fourth-order valence-corrected chi connectivity index (χ4v) is 1.13. The summed E-state index contributed by atoms with van der Waals surface area (Å²) in [5, 5.41) is 7.25. The molecule has 1 aromatic carbocycles. The van der Waals surface area contributed by atoms with E-state index in [-0.39, 0.29) is 18.2 Å². The third-order valence-electron chi connectivity index (χ3n) is 1.81. The summed E-state index contributed by atoms with van der Waals surface area (Å²) in [5.74, 6) is -0.841. The second-order valence-electron chi connectivity index (χ2n) is 3.08. The van der Waals surface area contributed by atoms with Gasteiger partial charge in [-0.25, -0.2) is 8.78 Å². The van der Waals surface area contributed by atoms with Crippen LogP contribution >= 0.6 is 0 Å². The van der Waals surface area contributed by atoms with E-state index in [1.165, 1.54) is 6.07 Å². The molecule has 2 rings (SSSR count). The molecule has 6 heteroatoms. The highest BCUT2D eigenvalue weighted by Crippen LogP contribution is 2.18. The van der Waals surface area contributed by atoms with Gasteiger partial charge >= 0.3 is 0 Å². The van der Waals surface area contributed by atoms with Gasteiger partial charge in [-0.3, -0.25) is 0 Å². The number of hydrogen-bond donors (Lipinski definition) is 0. The Hall–Kier alpha value is -1.98. The van der Waals surface area contributed by atoms with Crippen molar-refractivity contribution in [2.24, 2.45) is 0 Å². The minimum absolute atomic E-state index is 0.0522. The number of rotatable bonds is 3. The number of aromatic nitrogens is 2. The lowest BCUT2D eigenvalue weighted by molar-refractivity contribution is 0.249. The molecule has 0 radical (unpaired) electrons. The molecule has 0 aliphatic rings. The van der Waals surface area contributed by atoms with E-state index in [0.29, 0.717) is 5.89 Å². The summed E-state index contributed by atoms with van der Waals surface area (Å²) in [7, 11) is 0. The van der Waals surface area contributed by atoms with Gasteiger partial charge in [0.25, 0.3) is 5.89 Å². The molecule has 0 spiro atoms. The average molecular weight is 226 g/mol. The third-order valence-corrected chi connectivity index (χ3v) is 1.81. The average Bonchev–Trinajstić information content (AvgIpc) is 2.63. The molecule has 84 valence electrons. The summed E-state index contributed by atoms with van der Waals surface area (Å²) >= 11 is 0. The molecule has 0 atom stereocenters. The summed E-state index contributed by atoms with van der Waals surface area (Å²) < 4.78 is 35.8. The van der Waals surface area contributed by atoms with Crippen LogP contribution in [0.5, 0.6) is 5.75 Å². The van der Waals surface area contributed by atoms with Crippen molar-refractivity contribution in [1.29, 1.82) is 0 Å². The first-order valence-electron chi connectivity index (χ1n) is 4.52. The van der Waals surface area contributed by atoms with Gasteiger partial charge in [0, 0.05) is 13.0 Å². The minimum atomic E-state index is -0.767. The van der Waals surface area contributed by atoms with E-state index in [0.717, 1.165) is 12.1 Å². The van der Waals surface area contributed by atoms with Crippen molar-refractivity contribution in [3.8, 4) is 5.75 Å². The number of hydrogen-bond acceptors (Lipinski definition) is 4. The van der Waals surface area contributed by atoms with Crippen molar-refractivity contribution in [2.45, 2.75) is 13.5 Å². The van der Waals surface area contributed by atoms with Gasteiger partial charge in [0.05, 0.1) is 0 Å². The Kier molecular flexibility index (Phi) is 2.80. The Morgan fingerprint density at radius 1 is 1.31 bits per heavy atom. The second kappa shape index (κ2) is 4.26. The van der Waals surface area contributed by atoms with Crippen molar-refractivity contribution in [3.05, 3.63) is 41.6 Å². The number of nitrogens with zero attached hydrogens (tertiary/aromatic N) is 2. The van der Waals surface area contributed by atoms with E-state index in [2.05, 4.69) is 10.2 Å². The summed E-state index contributed by atoms with van der Waals surface area (Å²) in [5.41, 5.74) is 0. The maximum atomic E-state index is 13.1. The van der Waals surface area contributed by atoms with Crippen LogP contribution in [0.3, 0.4) is 0 Å². The third kappa shape index (κ3) is 2.33. The van der Waals surface area contributed by atoms with Crippen molar-refractivity contribution in [3.63, 3.8) is 0 Å².